The second-order valence-electron chi connectivity index (χ2n) is 4.76. The summed E-state index contributed by atoms with van der Waals surface area (Å²) in [5, 5.41) is 0.410. The van der Waals surface area contributed by atoms with Crippen molar-refractivity contribution in [3.63, 3.8) is 0 Å². The van der Waals surface area contributed by atoms with Gasteiger partial charge in [0.15, 0.2) is 0 Å². The number of sulfonamides is 1. The fourth-order valence-corrected chi connectivity index (χ4v) is 4.27. The summed E-state index contributed by atoms with van der Waals surface area (Å²) in [6, 6.07) is 4.61. The molecule has 1 unspecified atom stereocenters. The highest BCUT2D eigenvalue weighted by atomic mass is 35.5. The maximum Gasteiger partial charge on any atom is 0.243 e. The quantitative estimate of drug-likeness (QED) is 0.862. The van der Waals surface area contributed by atoms with Gasteiger partial charge in [0.25, 0.3) is 0 Å². The highest BCUT2D eigenvalue weighted by molar-refractivity contribution is 7.89. The van der Waals surface area contributed by atoms with E-state index in [1.54, 1.807) is 10.4 Å². The largest absolute Gasteiger partial charge is 0.495 e. The van der Waals surface area contributed by atoms with Gasteiger partial charge in [0.05, 0.1) is 17.0 Å². The molecule has 106 valence electrons. The Labute approximate surface area is 119 Å². The van der Waals surface area contributed by atoms with E-state index in [1.807, 2.05) is 6.92 Å². The van der Waals surface area contributed by atoms with E-state index in [2.05, 4.69) is 0 Å². The average Bonchev–Trinajstić information content (AvgIpc) is 2.39. The Kier molecular flexibility index (Phi) is 4.38. The molecule has 0 aliphatic carbocycles. The molecule has 1 atom stereocenters. The van der Waals surface area contributed by atoms with Crippen LogP contribution in [0.15, 0.2) is 23.1 Å². The zero-order valence-corrected chi connectivity index (χ0v) is 12.7. The van der Waals surface area contributed by atoms with Crippen LogP contribution in [-0.4, -0.2) is 32.4 Å². The van der Waals surface area contributed by atoms with E-state index in [9.17, 15) is 8.42 Å². The van der Waals surface area contributed by atoms with Gasteiger partial charge in [0, 0.05) is 18.7 Å². The zero-order chi connectivity index (χ0) is 14.0. The van der Waals surface area contributed by atoms with Crippen LogP contribution in [-0.2, 0) is 10.0 Å². The third-order valence-electron chi connectivity index (χ3n) is 3.47. The van der Waals surface area contributed by atoms with Crippen LogP contribution in [0, 0.1) is 0 Å². The van der Waals surface area contributed by atoms with Crippen LogP contribution >= 0.6 is 11.6 Å². The van der Waals surface area contributed by atoms with Crippen molar-refractivity contribution in [1.29, 1.82) is 0 Å². The lowest BCUT2D eigenvalue weighted by molar-refractivity contribution is 0.268. The Morgan fingerprint density at radius 3 is 2.74 bits per heavy atom. The second kappa shape index (κ2) is 5.69. The van der Waals surface area contributed by atoms with Gasteiger partial charge in [0.2, 0.25) is 10.0 Å². The molecular formula is C13H18ClNO3S. The Morgan fingerprint density at radius 2 is 2.11 bits per heavy atom. The van der Waals surface area contributed by atoms with Gasteiger partial charge in [-0.15, -0.1) is 0 Å². The van der Waals surface area contributed by atoms with E-state index in [0.29, 0.717) is 17.3 Å². The number of nitrogens with zero attached hydrogens (tertiary/aromatic N) is 1. The molecule has 0 radical (unpaired) electrons. The molecule has 1 fully saturated rings. The summed E-state index contributed by atoms with van der Waals surface area (Å²) < 4.78 is 31.9. The van der Waals surface area contributed by atoms with Crippen LogP contribution in [0.4, 0.5) is 0 Å². The normalized spacial score (nSPS) is 21.3. The summed E-state index contributed by atoms with van der Waals surface area (Å²) in [6.07, 6.45) is 2.90. The maximum absolute atomic E-state index is 12.6. The molecule has 4 nitrogen and oxygen atoms in total. The van der Waals surface area contributed by atoms with Gasteiger partial charge in [-0.3, -0.25) is 0 Å². The molecule has 0 saturated carbocycles. The van der Waals surface area contributed by atoms with Crippen molar-refractivity contribution < 1.29 is 13.2 Å². The number of hydrogen-bond acceptors (Lipinski definition) is 3. The van der Waals surface area contributed by atoms with Crippen LogP contribution in [0.1, 0.15) is 26.2 Å². The van der Waals surface area contributed by atoms with Crippen molar-refractivity contribution in [3.8, 4) is 5.75 Å². The second-order valence-corrected chi connectivity index (χ2v) is 7.05. The van der Waals surface area contributed by atoms with Crippen molar-refractivity contribution in [2.75, 3.05) is 13.7 Å². The summed E-state index contributed by atoms with van der Waals surface area (Å²) in [7, 11) is -1.99. The van der Waals surface area contributed by atoms with Crippen LogP contribution < -0.4 is 4.74 Å². The van der Waals surface area contributed by atoms with E-state index in [-0.39, 0.29) is 10.9 Å². The van der Waals surface area contributed by atoms with Crippen molar-refractivity contribution in [1.82, 2.24) is 4.31 Å². The fraction of sp³-hybridized carbons (Fsp3) is 0.538. The molecule has 0 bridgehead atoms. The van der Waals surface area contributed by atoms with E-state index >= 15 is 0 Å². The maximum atomic E-state index is 12.6. The molecule has 1 aromatic carbocycles. The van der Waals surface area contributed by atoms with Gasteiger partial charge >= 0.3 is 0 Å². The Hall–Kier alpha value is -0.780. The molecule has 1 aliphatic rings. The third-order valence-corrected chi connectivity index (χ3v) is 5.79. The Morgan fingerprint density at radius 1 is 1.37 bits per heavy atom. The first-order valence-electron chi connectivity index (χ1n) is 6.32. The third kappa shape index (κ3) is 2.88. The molecule has 1 aliphatic heterocycles. The van der Waals surface area contributed by atoms with Crippen LogP contribution in [0.5, 0.6) is 5.75 Å². The monoisotopic (exact) mass is 303 g/mol. The van der Waals surface area contributed by atoms with Crippen molar-refractivity contribution in [2.24, 2.45) is 0 Å². The minimum Gasteiger partial charge on any atom is -0.495 e. The topological polar surface area (TPSA) is 46.6 Å². The summed E-state index contributed by atoms with van der Waals surface area (Å²) in [5.74, 6) is 0.382. The number of rotatable bonds is 3. The standard InChI is InChI=1S/C13H18ClNO3S/c1-10-5-3-4-8-15(10)19(16,17)11-6-7-12(14)13(9-11)18-2/h6-7,9-10H,3-5,8H2,1-2H3. The Balaban J connectivity index is 2.38. The molecule has 0 amide bonds. The number of hydrogen-bond donors (Lipinski definition) is 0. The van der Waals surface area contributed by atoms with Gasteiger partial charge in [-0.1, -0.05) is 18.0 Å². The van der Waals surface area contributed by atoms with Gasteiger partial charge in [-0.25, -0.2) is 8.42 Å². The van der Waals surface area contributed by atoms with Gasteiger partial charge in [-0.05, 0) is 31.9 Å². The van der Waals surface area contributed by atoms with Gasteiger partial charge in [0.1, 0.15) is 5.75 Å². The number of methoxy groups -OCH3 is 1. The lowest BCUT2D eigenvalue weighted by Gasteiger charge is -2.32. The molecule has 1 aromatic rings. The molecule has 1 saturated heterocycles. The van der Waals surface area contributed by atoms with Crippen molar-refractivity contribution >= 4 is 21.6 Å². The number of ether oxygens (including phenoxy) is 1. The molecule has 0 spiro atoms. The molecule has 19 heavy (non-hydrogen) atoms. The average molecular weight is 304 g/mol. The summed E-state index contributed by atoms with van der Waals surface area (Å²) in [4.78, 5) is 0.238. The summed E-state index contributed by atoms with van der Waals surface area (Å²) in [5.41, 5.74) is 0. The van der Waals surface area contributed by atoms with E-state index in [4.69, 9.17) is 16.3 Å². The lowest BCUT2D eigenvalue weighted by Crippen LogP contribution is -2.41. The van der Waals surface area contributed by atoms with Crippen molar-refractivity contribution in [2.45, 2.75) is 37.1 Å². The summed E-state index contributed by atoms with van der Waals surface area (Å²) >= 11 is 5.93. The number of piperidine rings is 1. The Bertz CT molecular complexity index is 559. The highest BCUT2D eigenvalue weighted by Crippen LogP contribution is 2.30. The number of benzene rings is 1. The predicted molar refractivity (Wildman–Crippen MR) is 75.2 cm³/mol. The first kappa shape index (κ1) is 14.6. The van der Waals surface area contributed by atoms with E-state index in [1.165, 1.54) is 19.2 Å². The zero-order valence-electron chi connectivity index (χ0n) is 11.1. The van der Waals surface area contributed by atoms with Crippen LogP contribution in [0.2, 0.25) is 5.02 Å². The van der Waals surface area contributed by atoms with Gasteiger partial charge < -0.3 is 4.74 Å². The van der Waals surface area contributed by atoms with Gasteiger partial charge in [-0.2, -0.15) is 4.31 Å². The predicted octanol–water partition coefficient (Wildman–Crippen LogP) is 2.91. The molecule has 1 heterocycles. The molecular weight excluding hydrogens is 286 g/mol. The molecule has 6 heteroatoms. The highest BCUT2D eigenvalue weighted by Gasteiger charge is 2.31. The lowest BCUT2D eigenvalue weighted by atomic mass is 10.1. The van der Waals surface area contributed by atoms with Crippen LogP contribution in [0.25, 0.3) is 0 Å². The summed E-state index contributed by atoms with van der Waals surface area (Å²) in [6.45, 7) is 2.53. The van der Waals surface area contributed by atoms with E-state index < -0.39 is 10.0 Å². The SMILES string of the molecule is COc1cc(S(=O)(=O)N2CCCCC2C)ccc1Cl. The minimum atomic E-state index is -3.47. The molecule has 0 N–H and O–H groups in total. The first-order chi connectivity index (χ1) is 8.96. The first-order valence-corrected chi connectivity index (χ1v) is 8.14. The fourth-order valence-electron chi connectivity index (χ4n) is 2.36. The van der Waals surface area contributed by atoms with Crippen LogP contribution in [0.3, 0.4) is 0 Å². The van der Waals surface area contributed by atoms with Crippen molar-refractivity contribution in [3.05, 3.63) is 23.2 Å². The molecule has 2 rings (SSSR count). The smallest absolute Gasteiger partial charge is 0.243 e. The molecule has 0 aromatic heterocycles. The minimum absolute atomic E-state index is 0.0421. The van der Waals surface area contributed by atoms with E-state index in [0.717, 1.165) is 19.3 Å². The number of halogens is 1.